The molecule has 182 valence electrons. The van der Waals surface area contributed by atoms with Crippen molar-refractivity contribution < 1.29 is 14.2 Å². The second-order valence-corrected chi connectivity index (χ2v) is 9.17. The van der Waals surface area contributed by atoms with Gasteiger partial charge < -0.3 is 19.2 Å². The van der Waals surface area contributed by atoms with Crippen LogP contribution in [0.15, 0.2) is 23.0 Å². The molecule has 34 heavy (non-hydrogen) atoms. The number of tetrazole rings is 1. The van der Waals surface area contributed by atoms with Crippen molar-refractivity contribution >= 4 is 10.9 Å². The highest BCUT2D eigenvalue weighted by molar-refractivity contribution is 5.83. The van der Waals surface area contributed by atoms with Gasteiger partial charge in [0.2, 0.25) is 0 Å². The molecule has 1 aliphatic carbocycles. The third-order valence-electron chi connectivity index (χ3n) is 6.99. The number of pyridine rings is 1. The number of aromatic amines is 1. The summed E-state index contributed by atoms with van der Waals surface area (Å²) >= 11 is 0. The second-order valence-electron chi connectivity index (χ2n) is 9.17. The van der Waals surface area contributed by atoms with E-state index in [-0.39, 0.29) is 11.7 Å². The van der Waals surface area contributed by atoms with Crippen molar-refractivity contribution in [3.8, 4) is 11.5 Å². The minimum atomic E-state index is -0.0957. The Hall–Kier alpha value is -2.98. The fraction of sp³-hybridized carbons (Fsp3) is 0.583. The van der Waals surface area contributed by atoms with E-state index in [0.717, 1.165) is 49.0 Å². The molecule has 0 unspecified atom stereocenters. The summed E-state index contributed by atoms with van der Waals surface area (Å²) in [5, 5.41) is 13.4. The molecule has 1 aliphatic heterocycles. The topological polar surface area (TPSA) is 107 Å². The highest BCUT2D eigenvalue weighted by Crippen LogP contribution is 2.32. The molecule has 0 spiro atoms. The van der Waals surface area contributed by atoms with Crippen LogP contribution >= 0.6 is 0 Å². The first-order valence-electron chi connectivity index (χ1n) is 12.0. The average molecular weight is 469 g/mol. The highest BCUT2D eigenvalue weighted by atomic mass is 16.5. The van der Waals surface area contributed by atoms with Crippen LogP contribution < -0.4 is 15.0 Å². The van der Waals surface area contributed by atoms with Gasteiger partial charge in [-0.25, -0.2) is 4.68 Å². The fourth-order valence-corrected chi connectivity index (χ4v) is 5.14. The van der Waals surface area contributed by atoms with Gasteiger partial charge in [-0.05, 0) is 48.2 Å². The second kappa shape index (κ2) is 10.1. The van der Waals surface area contributed by atoms with E-state index < -0.39 is 0 Å². The molecular formula is C24H32N6O4. The van der Waals surface area contributed by atoms with Gasteiger partial charge in [0.15, 0.2) is 17.3 Å². The molecule has 10 heteroatoms. The van der Waals surface area contributed by atoms with Gasteiger partial charge in [0.05, 0.1) is 38.9 Å². The number of methoxy groups -OCH3 is 2. The molecule has 1 saturated heterocycles. The summed E-state index contributed by atoms with van der Waals surface area (Å²) in [6, 6.07) is 6.05. The molecule has 1 aromatic carbocycles. The zero-order chi connectivity index (χ0) is 23.5. The first-order valence-corrected chi connectivity index (χ1v) is 12.0. The van der Waals surface area contributed by atoms with Crippen molar-refractivity contribution in [1.82, 2.24) is 30.1 Å². The Morgan fingerprint density at radius 2 is 1.88 bits per heavy atom. The summed E-state index contributed by atoms with van der Waals surface area (Å²) < 4.78 is 18.5. The van der Waals surface area contributed by atoms with Crippen molar-refractivity contribution in [3.05, 3.63) is 39.9 Å². The van der Waals surface area contributed by atoms with E-state index in [1.54, 1.807) is 20.3 Å². The van der Waals surface area contributed by atoms with E-state index in [2.05, 4.69) is 25.4 Å². The normalized spacial score (nSPS) is 18.9. The molecule has 1 atom stereocenters. The molecule has 3 heterocycles. The van der Waals surface area contributed by atoms with Gasteiger partial charge in [-0.2, -0.15) is 0 Å². The van der Waals surface area contributed by atoms with Gasteiger partial charge >= 0.3 is 0 Å². The van der Waals surface area contributed by atoms with E-state index in [1.165, 1.54) is 12.8 Å². The molecule has 3 aromatic rings. The molecule has 5 rings (SSSR count). The number of ether oxygens (including phenoxy) is 3. The standard InChI is InChI=1S/C24H32N6O4/c1-32-21-11-16-10-17(24(31)25-20(16)12-22(21)33-2)13-29(18-6-3-4-7-18)15-23-26-27-28-30(23)14-19-8-5-9-34-19/h10-12,18-19H,3-9,13-15H2,1-2H3,(H,25,31)/t19-/m1/s1. The van der Waals surface area contributed by atoms with E-state index in [4.69, 9.17) is 14.2 Å². The molecule has 0 bridgehead atoms. The Morgan fingerprint density at radius 1 is 1.09 bits per heavy atom. The van der Waals surface area contributed by atoms with Crippen LogP contribution in [0.2, 0.25) is 0 Å². The quantitative estimate of drug-likeness (QED) is 0.511. The lowest BCUT2D eigenvalue weighted by Crippen LogP contribution is -2.35. The number of benzene rings is 1. The maximum Gasteiger partial charge on any atom is 0.252 e. The van der Waals surface area contributed by atoms with Crippen LogP contribution in [0, 0.1) is 0 Å². The zero-order valence-electron chi connectivity index (χ0n) is 19.8. The van der Waals surface area contributed by atoms with Crippen LogP contribution in [0.5, 0.6) is 11.5 Å². The van der Waals surface area contributed by atoms with Crippen molar-refractivity contribution in [2.24, 2.45) is 0 Å². The van der Waals surface area contributed by atoms with Crippen molar-refractivity contribution in [2.75, 3.05) is 20.8 Å². The third kappa shape index (κ3) is 4.78. The van der Waals surface area contributed by atoms with Gasteiger partial charge in [0, 0.05) is 36.2 Å². The van der Waals surface area contributed by atoms with Crippen molar-refractivity contribution in [2.45, 2.75) is 70.3 Å². The molecule has 1 saturated carbocycles. The maximum atomic E-state index is 13.0. The molecule has 10 nitrogen and oxygen atoms in total. The number of H-pyrrole nitrogens is 1. The summed E-state index contributed by atoms with van der Waals surface area (Å²) in [5.74, 6) is 2.03. The number of fused-ring (bicyclic) bond motifs is 1. The van der Waals surface area contributed by atoms with Crippen LogP contribution in [0.1, 0.15) is 49.9 Å². The van der Waals surface area contributed by atoms with Crippen molar-refractivity contribution in [3.63, 3.8) is 0 Å². The molecule has 2 aromatic heterocycles. The third-order valence-corrected chi connectivity index (χ3v) is 6.99. The molecule has 1 N–H and O–H groups in total. The minimum absolute atomic E-state index is 0.0957. The Morgan fingerprint density at radius 3 is 2.62 bits per heavy atom. The summed E-state index contributed by atoms with van der Waals surface area (Å²) in [4.78, 5) is 18.4. The lowest BCUT2D eigenvalue weighted by molar-refractivity contribution is 0.0906. The molecular weight excluding hydrogens is 436 g/mol. The molecule has 2 fully saturated rings. The van der Waals surface area contributed by atoms with E-state index >= 15 is 0 Å². The number of nitrogens with zero attached hydrogens (tertiary/aromatic N) is 5. The van der Waals surface area contributed by atoms with E-state index in [0.29, 0.717) is 42.7 Å². The summed E-state index contributed by atoms with van der Waals surface area (Å²) in [7, 11) is 3.20. The predicted octanol–water partition coefficient (Wildman–Crippen LogP) is 2.66. The van der Waals surface area contributed by atoms with Gasteiger partial charge in [-0.15, -0.1) is 5.10 Å². The number of aromatic nitrogens is 5. The smallest absolute Gasteiger partial charge is 0.252 e. The maximum absolute atomic E-state index is 13.0. The van der Waals surface area contributed by atoms with Crippen LogP contribution in [0.25, 0.3) is 10.9 Å². The van der Waals surface area contributed by atoms with Gasteiger partial charge in [0.25, 0.3) is 5.56 Å². The van der Waals surface area contributed by atoms with Crippen LogP contribution in [-0.2, 0) is 24.4 Å². The highest BCUT2D eigenvalue weighted by Gasteiger charge is 2.26. The van der Waals surface area contributed by atoms with Crippen LogP contribution in [0.4, 0.5) is 0 Å². The summed E-state index contributed by atoms with van der Waals surface area (Å²) in [5.41, 5.74) is 1.34. The first-order chi connectivity index (χ1) is 16.6. The van der Waals surface area contributed by atoms with Gasteiger partial charge in [0.1, 0.15) is 0 Å². The number of nitrogens with one attached hydrogen (secondary N) is 1. The number of hydrogen-bond donors (Lipinski definition) is 1. The molecule has 2 aliphatic rings. The Bertz CT molecular complexity index is 1180. The predicted molar refractivity (Wildman–Crippen MR) is 126 cm³/mol. The van der Waals surface area contributed by atoms with Gasteiger partial charge in [-0.3, -0.25) is 9.69 Å². The lowest BCUT2D eigenvalue weighted by Gasteiger charge is -2.28. The van der Waals surface area contributed by atoms with Crippen LogP contribution in [0.3, 0.4) is 0 Å². The lowest BCUT2D eigenvalue weighted by atomic mass is 10.1. The van der Waals surface area contributed by atoms with Crippen molar-refractivity contribution in [1.29, 1.82) is 0 Å². The summed E-state index contributed by atoms with van der Waals surface area (Å²) in [6.07, 6.45) is 6.91. The Kier molecular flexibility index (Phi) is 6.77. The van der Waals surface area contributed by atoms with Crippen LogP contribution in [-0.4, -0.2) is 63.1 Å². The first kappa shape index (κ1) is 22.8. The largest absolute Gasteiger partial charge is 0.493 e. The molecule has 0 amide bonds. The summed E-state index contributed by atoms with van der Waals surface area (Å²) in [6.45, 7) is 2.58. The van der Waals surface area contributed by atoms with E-state index in [1.807, 2.05) is 16.8 Å². The fourth-order valence-electron chi connectivity index (χ4n) is 5.14. The number of rotatable bonds is 9. The monoisotopic (exact) mass is 468 g/mol. The minimum Gasteiger partial charge on any atom is -0.493 e. The SMILES string of the molecule is COc1cc2cc(CN(Cc3nnnn3C[C@H]3CCCO3)C3CCCC3)c(=O)[nH]c2cc1OC. The van der Waals surface area contributed by atoms with E-state index in [9.17, 15) is 4.79 Å². The zero-order valence-corrected chi connectivity index (χ0v) is 19.8. The number of hydrogen-bond acceptors (Lipinski definition) is 8. The average Bonchev–Trinajstić information content (AvgIpc) is 3.62. The Balaban J connectivity index is 1.42. The molecule has 0 radical (unpaired) electrons. The van der Waals surface area contributed by atoms with Gasteiger partial charge in [-0.1, -0.05) is 12.8 Å². The Labute approximate surface area is 198 Å².